The van der Waals surface area contributed by atoms with Crippen LogP contribution in [0.2, 0.25) is 0 Å². The third-order valence-electron chi connectivity index (χ3n) is 3.96. The highest BCUT2D eigenvalue weighted by Gasteiger charge is 2.18. The lowest BCUT2D eigenvalue weighted by Gasteiger charge is -2.19. The second-order valence-corrected chi connectivity index (χ2v) is 5.33. The molecule has 1 aromatic carbocycles. The Morgan fingerprint density at radius 1 is 1.21 bits per heavy atom. The van der Waals surface area contributed by atoms with E-state index in [9.17, 15) is 0 Å². The summed E-state index contributed by atoms with van der Waals surface area (Å²) in [5, 5.41) is 1.15. The molecule has 0 bridgehead atoms. The zero-order valence-electron chi connectivity index (χ0n) is 12.1. The van der Waals surface area contributed by atoms with Gasteiger partial charge in [-0.1, -0.05) is 38.3 Å². The van der Waals surface area contributed by atoms with Crippen LogP contribution in [0.15, 0.2) is 28.7 Å². The van der Waals surface area contributed by atoms with Gasteiger partial charge >= 0.3 is 0 Å². The molecule has 3 nitrogen and oxygen atoms in total. The van der Waals surface area contributed by atoms with E-state index in [0.29, 0.717) is 5.92 Å². The molecule has 2 rings (SSSR count). The molecule has 0 saturated heterocycles. The van der Waals surface area contributed by atoms with Crippen LogP contribution in [0.5, 0.6) is 0 Å². The summed E-state index contributed by atoms with van der Waals surface area (Å²) in [6, 6.07) is 8.44. The summed E-state index contributed by atoms with van der Waals surface area (Å²) in [7, 11) is 0. The molecule has 2 aromatic rings. The third kappa shape index (κ3) is 3.17. The van der Waals surface area contributed by atoms with Crippen LogP contribution >= 0.6 is 0 Å². The maximum absolute atomic E-state index is 5.92. The molecule has 0 spiro atoms. The molecule has 19 heavy (non-hydrogen) atoms. The van der Waals surface area contributed by atoms with E-state index in [1.54, 1.807) is 0 Å². The first kappa shape index (κ1) is 14.1. The van der Waals surface area contributed by atoms with Crippen molar-refractivity contribution in [2.45, 2.75) is 46.1 Å². The summed E-state index contributed by atoms with van der Waals surface area (Å²) in [5.74, 6) is 7.32. The average Bonchev–Trinajstić information content (AvgIpc) is 2.83. The molecule has 1 heterocycles. The zero-order chi connectivity index (χ0) is 13.8. The van der Waals surface area contributed by atoms with E-state index in [1.165, 1.54) is 18.4 Å². The highest BCUT2D eigenvalue weighted by Crippen LogP contribution is 2.29. The summed E-state index contributed by atoms with van der Waals surface area (Å²) in [6.45, 7) is 6.54. The van der Waals surface area contributed by atoms with E-state index in [0.717, 1.165) is 23.2 Å². The molecule has 1 unspecified atom stereocenters. The van der Waals surface area contributed by atoms with Crippen LogP contribution in [-0.2, 0) is 0 Å². The highest BCUT2D eigenvalue weighted by molar-refractivity contribution is 5.78. The first-order valence-corrected chi connectivity index (χ1v) is 7.14. The van der Waals surface area contributed by atoms with Gasteiger partial charge in [0.25, 0.3) is 0 Å². The maximum atomic E-state index is 5.92. The quantitative estimate of drug-likeness (QED) is 0.608. The smallest absolute Gasteiger partial charge is 0.134 e. The van der Waals surface area contributed by atoms with Crippen molar-refractivity contribution < 1.29 is 4.42 Å². The average molecular weight is 260 g/mol. The number of hydrogen-bond donors (Lipinski definition) is 2. The van der Waals surface area contributed by atoms with Gasteiger partial charge in [-0.25, -0.2) is 5.43 Å². The molecule has 3 heteroatoms. The summed E-state index contributed by atoms with van der Waals surface area (Å²) >= 11 is 0. The maximum Gasteiger partial charge on any atom is 0.134 e. The Morgan fingerprint density at radius 2 is 1.95 bits per heavy atom. The van der Waals surface area contributed by atoms with Gasteiger partial charge in [0.05, 0.1) is 6.04 Å². The molecule has 1 aromatic heterocycles. The monoisotopic (exact) mass is 260 g/mol. The molecular weight excluding hydrogens is 236 g/mol. The first-order valence-electron chi connectivity index (χ1n) is 7.14. The van der Waals surface area contributed by atoms with Crippen molar-refractivity contribution >= 4 is 11.0 Å². The van der Waals surface area contributed by atoms with Crippen molar-refractivity contribution in [3.8, 4) is 0 Å². The second-order valence-electron chi connectivity index (χ2n) is 5.33. The lowest BCUT2D eigenvalue weighted by molar-refractivity contribution is 0.338. The Bertz CT molecular complexity index is 529. The number of hydrazine groups is 1. The van der Waals surface area contributed by atoms with Gasteiger partial charge in [-0.2, -0.15) is 0 Å². The molecule has 0 aliphatic carbocycles. The number of benzene rings is 1. The number of aryl methyl sites for hydroxylation is 1. The van der Waals surface area contributed by atoms with Gasteiger partial charge < -0.3 is 4.42 Å². The molecule has 0 fully saturated rings. The zero-order valence-corrected chi connectivity index (χ0v) is 12.1. The van der Waals surface area contributed by atoms with Crippen LogP contribution in [0.1, 0.15) is 50.5 Å². The normalized spacial score (nSPS) is 13.3. The van der Waals surface area contributed by atoms with Crippen molar-refractivity contribution in [1.82, 2.24) is 5.43 Å². The fourth-order valence-corrected chi connectivity index (χ4v) is 2.58. The lowest BCUT2D eigenvalue weighted by atomic mass is 9.94. The molecule has 104 valence electrons. The van der Waals surface area contributed by atoms with E-state index < -0.39 is 0 Å². The Labute approximate surface area is 115 Å². The lowest BCUT2D eigenvalue weighted by Crippen LogP contribution is -2.29. The topological polar surface area (TPSA) is 51.2 Å². The van der Waals surface area contributed by atoms with Gasteiger partial charge in [0, 0.05) is 5.39 Å². The second kappa shape index (κ2) is 6.22. The molecule has 0 radical (unpaired) electrons. The van der Waals surface area contributed by atoms with Crippen LogP contribution in [0.3, 0.4) is 0 Å². The van der Waals surface area contributed by atoms with Gasteiger partial charge in [0.1, 0.15) is 11.3 Å². The Kier molecular flexibility index (Phi) is 4.61. The van der Waals surface area contributed by atoms with Crippen LogP contribution in [0.4, 0.5) is 0 Å². The molecule has 3 N–H and O–H groups in total. The first-order chi connectivity index (χ1) is 9.17. The van der Waals surface area contributed by atoms with Crippen LogP contribution in [-0.4, -0.2) is 0 Å². The summed E-state index contributed by atoms with van der Waals surface area (Å²) < 4.78 is 5.92. The van der Waals surface area contributed by atoms with E-state index in [1.807, 2.05) is 6.07 Å². The largest absolute Gasteiger partial charge is 0.459 e. The Morgan fingerprint density at radius 3 is 2.58 bits per heavy atom. The minimum Gasteiger partial charge on any atom is -0.459 e. The predicted molar refractivity (Wildman–Crippen MR) is 79.7 cm³/mol. The van der Waals surface area contributed by atoms with Crippen molar-refractivity contribution in [2.75, 3.05) is 0 Å². The summed E-state index contributed by atoms with van der Waals surface area (Å²) in [5.41, 5.74) is 5.08. The number of nitrogens with two attached hydrogens (primary N) is 1. The van der Waals surface area contributed by atoms with Crippen molar-refractivity contribution in [1.29, 1.82) is 0 Å². The number of rotatable bonds is 6. The van der Waals surface area contributed by atoms with Gasteiger partial charge in [0.15, 0.2) is 0 Å². The third-order valence-corrected chi connectivity index (χ3v) is 3.96. The van der Waals surface area contributed by atoms with E-state index in [-0.39, 0.29) is 6.04 Å². The Balaban J connectivity index is 2.25. The SMILES string of the molecule is CCC(CC)CC(NN)c1cc2cc(C)ccc2o1. The fraction of sp³-hybridized carbons (Fsp3) is 0.500. The molecule has 0 saturated carbocycles. The number of hydrogen-bond acceptors (Lipinski definition) is 3. The number of furan rings is 1. The van der Waals surface area contributed by atoms with E-state index in [2.05, 4.69) is 44.4 Å². The minimum absolute atomic E-state index is 0.0950. The van der Waals surface area contributed by atoms with Gasteiger partial charge in [0.2, 0.25) is 0 Å². The van der Waals surface area contributed by atoms with Gasteiger partial charge in [-0.05, 0) is 37.5 Å². The molecule has 0 aliphatic heterocycles. The molecule has 1 atom stereocenters. The van der Waals surface area contributed by atoms with Crippen molar-refractivity contribution in [3.63, 3.8) is 0 Å². The number of nitrogens with one attached hydrogen (secondary N) is 1. The summed E-state index contributed by atoms with van der Waals surface area (Å²) in [4.78, 5) is 0. The van der Waals surface area contributed by atoms with E-state index >= 15 is 0 Å². The minimum atomic E-state index is 0.0950. The van der Waals surface area contributed by atoms with Crippen LogP contribution in [0, 0.1) is 12.8 Å². The molecule has 0 aliphatic rings. The predicted octanol–water partition coefficient (Wildman–Crippen LogP) is 4.07. The van der Waals surface area contributed by atoms with Crippen LogP contribution in [0.25, 0.3) is 11.0 Å². The van der Waals surface area contributed by atoms with E-state index in [4.69, 9.17) is 10.3 Å². The van der Waals surface area contributed by atoms with Gasteiger partial charge in [-0.3, -0.25) is 5.84 Å². The fourth-order valence-electron chi connectivity index (χ4n) is 2.58. The van der Waals surface area contributed by atoms with Crippen LogP contribution < -0.4 is 11.3 Å². The number of fused-ring (bicyclic) bond motifs is 1. The van der Waals surface area contributed by atoms with Gasteiger partial charge in [-0.15, -0.1) is 0 Å². The highest BCUT2D eigenvalue weighted by atomic mass is 16.3. The molecular formula is C16H24N2O. The van der Waals surface area contributed by atoms with Crippen molar-refractivity contribution in [2.24, 2.45) is 11.8 Å². The Hall–Kier alpha value is -1.32. The standard InChI is InChI=1S/C16H24N2O/c1-4-12(5-2)9-14(18-17)16-10-13-8-11(3)6-7-15(13)19-16/h6-8,10,12,14,18H,4-5,9,17H2,1-3H3. The van der Waals surface area contributed by atoms with Crippen molar-refractivity contribution in [3.05, 3.63) is 35.6 Å². The molecule has 0 amide bonds. The summed E-state index contributed by atoms with van der Waals surface area (Å²) in [6.07, 6.45) is 3.37.